The summed E-state index contributed by atoms with van der Waals surface area (Å²) in [7, 11) is 0. The second-order valence-corrected chi connectivity index (χ2v) is 6.29. The Morgan fingerprint density at radius 1 is 1.35 bits per heavy atom. The van der Waals surface area contributed by atoms with Gasteiger partial charge in [-0.2, -0.15) is 0 Å². The van der Waals surface area contributed by atoms with Crippen molar-refractivity contribution in [2.24, 2.45) is 0 Å². The lowest BCUT2D eigenvalue weighted by atomic mass is 10.1. The van der Waals surface area contributed by atoms with Gasteiger partial charge in [0.1, 0.15) is 5.75 Å². The fraction of sp³-hybridized carbons (Fsp3) is 0.200. The summed E-state index contributed by atoms with van der Waals surface area (Å²) in [5.41, 5.74) is 1.20. The number of hydrogen-bond acceptors (Lipinski definition) is 3. The molecule has 0 saturated carbocycles. The van der Waals surface area contributed by atoms with Gasteiger partial charge in [-0.3, -0.25) is 9.78 Å². The van der Waals surface area contributed by atoms with Gasteiger partial charge in [0.2, 0.25) is 0 Å². The molecule has 2 rings (SSSR count). The molecule has 1 aromatic carbocycles. The molecule has 0 aliphatic rings. The van der Waals surface area contributed by atoms with Gasteiger partial charge in [0, 0.05) is 25.4 Å². The Morgan fingerprint density at radius 3 is 2.90 bits per heavy atom. The minimum absolute atomic E-state index is 0.0508. The predicted octanol–water partition coefficient (Wildman–Crippen LogP) is 4.47. The fourth-order valence-electron chi connectivity index (χ4n) is 1.67. The highest BCUT2D eigenvalue weighted by Gasteiger charge is 2.14. The van der Waals surface area contributed by atoms with Gasteiger partial charge in [-0.25, -0.2) is 0 Å². The molecule has 0 amide bonds. The largest absolute Gasteiger partial charge is 0.492 e. The number of ether oxygens (including phenoxy) is 1. The van der Waals surface area contributed by atoms with Crippen LogP contribution in [0.15, 0.2) is 41.1 Å². The van der Waals surface area contributed by atoms with Gasteiger partial charge in [-0.15, -0.1) is 0 Å². The van der Waals surface area contributed by atoms with E-state index in [1.165, 1.54) is 0 Å². The van der Waals surface area contributed by atoms with E-state index in [1.54, 1.807) is 18.5 Å². The average molecular weight is 446 g/mol. The molecular weight excluding hydrogens is 433 g/mol. The number of hydrogen-bond donors (Lipinski definition) is 0. The normalized spacial score (nSPS) is 10.3. The van der Waals surface area contributed by atoms with Crippen LogP contribution in [0, 0.1) is 3.57 Å². The highest BCUT2D eigenvalue weighted by molar-refractivity contribution is 14.1. The molecule has 2 aromatic rings. The van der Waals surface area contributed by atoms with Gasteiger partial charge in [0.05, 0.1) is 12.8 Å². The molecule has 0 N–H and O–H groups in total. The maximum absolute atomic E-state index is 12.5. The van der Waals surface area contributed by atoms with Gasteiger partial charge < -0.3 is 4.74 Å². The molecule has 20 heavy (non-hydrogen) atoms. The van der Waals surface area contributed by atoms with Gasteiger partial charge >= 0.3 is 0 Å². The van der Waals surface area contributed by atoms with E-state index in [4.69, 9.17) is 4.74 Å². The number of carbonyl (C=O) groups excluding carboxylic acids is 1. The number of ketones is 1. The summed E-state index contributed by atoms with van der Waals surface area (Å²) >= 11 is 5.55. The zero-order chi connectivity index (χ0) is 14.5. The Balaban J connectivity index is 2.31. The van der Waals surface area contributed by atoms with E-state index in [1.807, 2.05) is 25.1 Å². The van der Waals surface area contributed by atoms with Crippen molar-refractivity contribution in [1.82, 2.24) is 4.98 Å². The minimum atomic E-state index is -0.0508. The third-order valence-corrected chi connectivity index (χ3v) is 4.06. The van der Waals surface area contributed by atoms with Crippen molar-refractivity contribution in [3.8, 4) is 5.75 Å². The summed E-state index contributed by atoms with van der Waals surface area (Å²) in [6.45, 7) is 2.65. The molecular formula is C15H13BrINO2. The predicted molar refractivity (Wildman–Crippen MR) is 90.3 cm³/mol. The van der Waals surface area contributed by atoms with Crippen LogP contribution in [0.25, 0.3) is 0 Å². The number of carbonyl (C=O) groups is 1. The van der Waals surface area contributed by atoms with Gasteiger partial charge in [-0.05, 0) is 53.3 Å². The van der Waals surface area contributed by atoms with Crippen molar-refractivity contribution in [1.29, 1.82) is 0 Å². The zero-order valence-corrected chi connectivity index (χ0v) is 14.6. The SMILES string of the molecule is CCCOc1cncc(C(=O)c2cc(Br)ccc2I)c1. The van der Waals surface area contributed by atoms with Crippen molar-refractivity contribution in [2.45, 2.75) is 13.3 Å². The van der Waals surface area contributed by atoms with E-state index in [2.05, 4.69) is 43.5 Å². The van der Waals surface area contributed by atoms with Crippen molar-refractivity contribution in [2.75, 3.05) is 6.61 Å². The number of benzene rings is 1. The quantitative estimate of drug-likeness (QED) is 0.503. The molecule has 0 aliphatic carbocycles. The van der Waals surface area contributed by atoms with E-state index in [-0.39, 0.29) is 5.78 Å². The van der Waals surface area contributed by atoms with Crippen LogP contribution < -0.4 is 4.74 Å². The first-order valence-corrected chi connectivity index (χ1v) is 8.06. The van der Waals surface area contributed by atoms with Crippen LogP contribution in [0.2, 0.25) is 0 Å². The fourth-order valence-corrected chi connectivity index (χ4v) is 2.61. The first kappa shape index (κ1) is 15.4. The second-order valence-electron chi connectivity index (χ2n) is 4.21. The van der Waals surface area contributed by atoms with Gasteiger partial charge in [0.25, 0.3) is 0 Å². The Labute approximate surface area is 140 Å². The topological polar surface area (TPSA) is 39.2 Å². The molecule has 0 radical (unpaired) electrons. The molecule has 0 atom stereocenters. The molecule has 5 heteroatoms. The van der Waals surface area contributed by atoms with Crippen LogP contribution in [0.3, 0.4) is 0 Å². The van der Waals surface area contributed by atoms with Gasteiger partial charge in [0.15, 0.2) is 5.78 Å². The Kier molecular flexibility index (Phi) is 5.54. The van der Waals surface area contributed by atoms with Crippen LogP contribution in [-0.2, 0) is 0 Å². The van der Waals surface area contributed by atoms with Crippen molar-refractivity contribution < 1.29 is 9.53 Å². The summed E-state index contributed by atoms with van der Waals surface area (Å²) in [6.07, 6.45) is 4.11. The van der Waals surface area contributed by atoms with E-state index in [9.17, 15) is 4.79 Å². The van der Waals surface area contributed by atoms with Crippen LogP contribution in [0.5, 0.6) is 5.75 Å². The van der Waals surface area contributed by atoms with E-state index in [0.29, 0.717) is 23.5 Å². The van der Waals surface area contributed by atoms with Crippen molar-refractivity contribution >= 4 is 44.3 Å². The lowest BCUT2D eigenvalue weighted by Gasteiger charge is -2.07. The molecule has 1 aromatic heterocycles. The summed E-state index contributed by atoms with van der Waals surface area (Å²) in [6, 6.07) is 7.38. The lowest BCUT2D eigenvalue weighted by molar-refractivity contribution is 0.103. The lowest BCUT2D eigenvalue weighted by Crippen LogP contribution is -2.05. The van der Waals surface area contributed by atoms with Crippen LogP contribution in [-0.4, -0.2) is 17.4 Å². The summed E-state index contributed by atoms with van der Waals surface area (Å²) in [4.78, 5) is 16.6. The molecule has 0 spiro atoms. The smallest absolute Gasteiger partial charge is 0.195 e. The van der Waals surface area contributed by atoms with E-state index >= 15 is 0 Å². The molecule has 104 valence electrons. The second kappa shape index (κ2) is 7.17. The maximum Gasteiger partial charge on any atom is 0.195 e. The molecule has 0 saturated heterocycles. The van der Waals surface area contributed by atoms with Gasteiger partial charge in [-0.1, -0.05) is 22.9 Å². The summed E-state index contributed by atoms with van der Waals surface area (Å²) in [5.74, 6) is 0.577. The third kappa shape index (κ3) is 3.79. The molecule has 0 aliphatic heterocycles. The summed E-state index contributed by atoms with van der Waals surface area (Å²) in [5, 5.41) is 0. The monoisotopic (exact) mass is 445 g/mol. The molecule has 0 unspecified atom stereocenters. The molecule has 0 fully saturated rings. The highest BCUT2D eigenvalue weighted by Crippen LogP contribution is 2.22. The standard InChI is InChI=1S/C15H13BrINO2/c1-2-5-20-12-6-10(8-18-9-12)15(19)13-7-11(16)3-4-14(13)17/h3-4,6-9H,2,5H2,1H3. The average Bonchev–Trinajstić information content (AvgIpc) is 2.47. The molecule has 3 nitrogen and oxygen atoms in total. The van der Waals surface area contributed by atoms with Crippen LogP contribution >= 0.6 is 38.5 Å². The maximum atomic E-state index is 12.5. The van der Waals surface area contributed by atoms with Crippen molar-refractivity contribution in [3.63, 3.8) is 0 Å². The first-order valence-electron chi connectivity index (χ1n) is 6.19. The first-order chi connectivity index (χ1) is 9.61. The highest BCUT2D eigenvalue weighted by atomic mass is 127. The number of aromatic nitrogens is 1. The molecule has 0 bridgehead atoms. The van der Waals surface area contributed by atoms with Crippen LogP contribution in [0.1, 0.15) is 29.3 Å². The molecule has 1 heterocycles. The number of halogens is 2. The van der Waals surface area contributed by atoms with E-state index in [0.717, 1.165) is 14.5 Å². The zero-order valence-electron chi connectivity index (χ0n) is 10.9. The van der Waals surface area contributed by atoms with E-state index < -0.39 is 0 Å². The Morgan fingerprint density at radius 2 is 2.15 bits per heavy atom. The Hall–Kier alpha value is -0.950. The third-order valence-electron chi connectivity index (χ3n) is 2.62. The van der Waals surface area contributed by atoms with Crippen LogP contribution in [0.4, 0.5) is 0 Å². The Bertz CT molecular complexity index is 631. The number of nitrogens with zero attached hydrogens (tertiary/aromatic N) is 1. The number of rotatable bonds is 5. The van der Waals surface area contributed by atoms with Crippen molar-refractivity contribution in [3.05, 3.63) is 55.8 Å². The number of pyridine rings is 1. The summed E-state index contributed by atoms with van der Waals surface area (Å²) < 4.78 is 7.30. The minimum Gasteiger partial charge on any atom is -0.492 e.